The lowest BCUT2D eigenvalue weighted by molar-refractivity contribution is -0.112. The number of methoxy groups -OCH3 is 2. The van der Waals surface area contributed by atoms with Crippen LogP contribution in [0.3, 0.4) is 0 Å². The SMILES string of the molecule is COc1ccc(NC(=O)/C(C#N)=C/c2ccc(OC)cc2OCc2ccc(Cl)cc2)cc1. The van der Waals surface area contributed by atoms with E-state index >= 15 is 0 Å². The molecule has 0 saturated carbocycles. The summed E-state index contributed by atoms with van der Waals surface area (Å²) in [7, 11) is 3.11. The highest BCUT2D eigenvalue weighted by molar-refractivity contribution is 6.30. The number of nitriles is 1. The summed E-state index contributed by atoms with van der Waals surface area (Å²) in [5, 5.41) is 12.9. The highest BCUT2D eigenvalue weighted by Crippen LogP contribution is 2.28. The van der Waals surface area contributed by atoms with Gasteiger partial charge in [0, 0.05) is 22.3 Å². The number of amides is 1. The van der Waals surface area contributed by atoms with Crippen molar-refractivity contribution in [3.05, 3.63) is 88.5 Å². The first kappa shape index (κ1) is 22.7. The lowest BCUT2D eigenvalue weighted by atomic mass is 10.1. The molecule has 7 heteroatoms. The smallest absolute Gasteiger partial charge is 0.266 e. The minimum atomic E-state index is -0.530. The second-order valence-corrected chi connectivity index (χ2v) is 7.11. The molecule has 0 aliphatic carbocycles. The number of nitrogens with zero attached hydrogens (tertiary/aromatic N) is 1. The molecule has 1 amide bonds. The van der Waals surface area contributed by atoms with Crippen LogP contribution in [-0.2, 0) is 11.4 Å². The molecule has 0 radical (unpaired) electrons. The van der Waals surface area contributed by atoms with Crippen LogP contribution in [0.25, 0.3) is 6.08 Å². The molecule has 0 saturated heterocycles. The molecule has 0 aromatic heterocycles. The van der Waals surface area contributed by atoms with Crippen molar-refractivity contribution >= 4 is 29.3 Å². The van der Waals surface area contributed by atoms with Crippen LogP contribution in [0, 0.1) is 11.3 Å². The van der Waals surface area contributed by atoms with E-state index in [9.17, 15) is 10.1 Å². The van der Waals surface area contributed by atoms with Gasteiger partial charge in [-0.15, -0.1) is 0 Å². The Bertz CT molecular complexity index is 1150. The van der Waals surface area contributed by atoms with Crippen LogP contribution in [0.5, 0.6) is 17.2 Å². The van der Waals surface area contributed by atoms with Crippen LogP contribution >= 0.6 is 11.6 Å². The van der Waals surface area contributed by atoms with Crippen molar-refractivity contribution in [1.29, 1.82) is 5.26 Å². The second-order valence-electron chi connectivity index (χ2n) is 6.67. The summed E-state index contributed by atoms with van der Waals surface area (Å²) in [4.78, 5) is 12.6. The molecule has 0 atom stereocenters. The molecule has 0 aliphatic rings. The van der Waals surface area contributed by atoms with Crippen molar-refractivity contribution in [2.75, 3.05) is 19.5 Å². The Balaban J connectivity index is 1.82. The van der Waals surface area contributed by atoms with Gasteiger partial charge in [0.2, 0.25) is 0 Å². The average Bonchev–Trinajstić information content (AvgIpc) is 2.83. The maximum absolute atomic E-state index is 12.6. The third-order valence-corrected chi connectivity index (χ3v) is 4.79. The van der Waals surface area contributed by atoms with Gasteiger partial charge >= 0.3 is 0 Å². The highest BCUT2D eigenvalue weighted by Gasteiger charge is 2.13. The summed E-state index contributed by atoms with van der Waals surface area (Å²) >= 11 is 5.93. The Labute approximate surface area is 191 Å². The molecule has 32 heavy (non-hydrogen) atoms. The molecule has 0 unspecified atom stereocenters. The quantitative estimate of drug-likeness (QED) is 0.364. The molecule has 3 rings (SSSR count). The number of benzene rings is 3. The zero-order chi connectivity index (χ0) is 22.9. The van der Waals surface area contributed by atoms with E-state index in [2.05, 4.69) is 5.32 Å². The lowest BCUT2D eigenvalue weighted by Gasteiger charge is -2.12. The van der Waals surface area contributed by atoms with Gasteiger partial charge in [0.1, 0.15) is 35.5 Å². The maximum atomic E-state index is 12.6. The van der Waals surface area contributed by atoms with Crippen LogP contribution < -0.4 is 19.5 Å². The highest BCUT2D eigenvalue weighted by atomic mass is 35.5. The maximum Gasteiger partial charge on any atom is 0.266 e. The molecule has 0 bridgehead atoms. The van der Waals surface area contributed by atoms with Crippen molar-refractivity contribution in [1.82, 2.24) is 0 Å². The second kappa shape index (κ2) is 10.9. The molecule has 1 N–H and O–H groups in total. The van der Waals surface area contributed by atoms with E-state index in [4.69, 9.17) is 25.8 Å². The molecule has 0 spiro atoms. The van der Waals surface area contributed by atoms with Gasteiger partial charge in [-0.1, -0.05) is 23.7 Å². The van der Waals surface area contributed by atoms with Crippen LogP contribution in [0.15, 0.2) is 72.3 Å². The fraction of sp³-hybridized carbons (Fsp3) is 0.120. The van der Waals surface area contributed by atoms with Crippen molar-refractivity contribution in [2.45, 2.75) is 6.61 Å². The lowest BCUT2D eigenvalue weighted by Crippen LogP contribution is -2.13. The number of carbonyl (C=O) groups is 1. The number of hydrogen-bond acceptors (Lipinski definition) is 5. The van der Waals surface area contributed by atoms with Gasteiger partial charge in [0.15, 0.2) is 0 Å². The molecular weight excluding hydrogens is 428 g/mol. The molecule has 3 aromatic carbocycles. The number of anilines is 1. The Morgan fingerprint density at radius 1 is 1.00 bits per heavy atom. The zero-order valence-corrected chi connectivity index (χ0v) is 18.3. The molecule has 162 valence electrons. The van der Waals surface area contributed by atoms with Crippen LogP contribution in [0.1, 0.15) is 11.1 Å². The molecule has 0 aliphatic heterocycles. The fourth-order valence-corrected chi connectivity index (χ4v) is 2.93. The minimum Gasteiger partial charge on any atom is -0.497 e. The Kier molecular flexibility index (Phi) is 7.74. The van der Waals surface area contributed by atoms with Gasteiger partial charge in [0.05, 0.1) is 14.2 Å². The van der Waals surface area contributed by atoms with E-state index in [1.807, 2.05) is 18.2 Å². The number of rotatable bonds is 8. The summed E-state index contributed by atoms with van der Waals surface area (Å²) in [6, 6.07) is 21.2. The van der Waals surface area contributed by atoms with E-state index in [1.165, 1.54) is 6.08 Å². The van der Waals surface area contributed by atoms with E-state index < -0.39 is 5.91 Å². The molecule has 0 heterocycles. The number of halogens is 1. The third kappa shape index (κ3) is 6.03. The molecular formula is C25H21ClN2O4. The summed E-state index contributed by atoms with van der Waals surface area (Å²) < 4.78 is 16.3. The Morgan fingerprint density at radius 2 is 1.66 bits per heavy atom. The van der Waals surface area contributed by atoms with E-state index in [0.717, 1.165) is 5.56 Å². The Morgan fingerprint density at radius 3 is 2.28 bits per heavy atom. The summed E-state index contributed by atoms with van der Waals surface area (Å²) in [5.74, 6) is 1.20. The van der Waals surface area contributed by atoms with E-state index in [1.54, 1.807) is 68.8 Å². The summed E-state index contributed by atoms with van der Waals surface area (Å²) in [5.41, 5.74) is 1.97. The fourth-order valence-electron chi connectivity index (χ4n) is 2.80. The average molecular weight is 449 g/mol. The Hall–Kier alpha value is -3.95. The zero-order valence-electron chi connectivity index (χ0n) is 17.6. The van der Waals surface area contributed by atoms with Crippen molar-refractivity contribution in [3.63, 3.8) is 0 Å². The normalized spacial score (nSPS) is 10.8. The first-order chi connectivity index (χ1) is 15.5. The van der Waals surface area contributed by atoms with Crippen molar-refractivity contribution < 1.29 is 19.0 Å². The van der Waals surface area contributed by atoms with Gasteiger partial charge in [0.25, 0.3) is 5.91 Å². The van der Waals surface area contributed by atoms with Crippen molar-refractivity contribution in [3.8, 4) is 23.3 Å². The number of hydrogen-bond donors (Lipinski definition) is 1. The van der Waals surface area contributed by atoms with Gasteiger partial charge < -0.3 is 19.5 Å². The third-order valence-electron chi connectivity index (χ3n) is 4.54. The van der Waals surface area contributed by atoms with Crippen LogP contribution in [-0.4, -0.2) is 20.1 Å². The summed E-state index contributed by atoms with van der Waals surface area (Å²) in [6.45, 7) is 0.283. The standard InChI is InChI=1S/C25H21ClN2O4/c1-30-22-11-8-21(9-12-22)28-25(29)19(15-27)13-18-5-10-23(31-2)14-24(18)32-16-17-3-6-20(26)7-4-17/h3-14H,16H2,1-2H3,(H,28,29)/b19-13+. The first-order valence-electron chi connectivity index (χ1n) is 9.65. The number of ether oxygens (including phenoxy) is 3. The molecule has 6 nitrogen and oxygen atoms in total. The predicted octanol–water partition coefficient (Wildman–Crippen LogP) is 5.48. The molecule has 3 aromatic rings. The summed E-state index contributed by atoms with van der Waals surface area (Å²) in [6.07, 6.45) is 1.48. The van der Waals surface area contributed by atoms with Crippen molar-refractivity contribution in [2.24, 2.45) is 0 Å². The van der Waals surface area contributed by atoms with Crippen LogP contribution in [0.4, 0.5) is 5.69 Å². The van der Waals surface area contributed by atoms with Gasteiger partial charge in [-0.2, -0.15) is 5.26 Å². The number of carbonyl (C=O) groups excluding carboxylic acids is 1. The number of nitrogens with one attached hydrogen (secondary N) is 1. The van der Waals surface area contributed by atoms with Gasteiger partial charge in [-0.05, 0) is 60.2 Å². The first-order valence-corrected chi connectivity index (χ1v) is 10.0. The monoisotopic (exact) mass is 448 g/mol. The van der Waals surface area contributed by atoms with Gasteiger partial charge in [-0.25, -0.2) is 0 Å². The topological polar surface area (TPSA) is 80.6 Å². The predicted molar refractivity (Wildman–Crippen MR) is 124 cm³/mol. The minimum absolute atomic E-state index is 0.0673. The van der Waals surface area contributed by atoms with E-state index in [-0.39, 0.29) is 12.2 Å². The van der Waals surface area contributed by atoms with E-state index in [0.29, 0.717) is 33.5 Å². The van der Waals surface area contributed by atoms with Gasteiger partial charge in [-0.3, -0.25) is 4.79 Å². The molecule has 0 fully saturated rings. The largest absolute Gasteiger partial charge is 0.497 e. The van der Waals surface area contributed by atoms with Crippen LogP contribution in [0.2, 0.25) is 5.02 Å².